The second kappa shape index (κ2) is 12.4. The van der Waals surface area contributed by atoms with Gasteiger partial charge in [0.05, 0.1) is 30.3 Å². The SMILES string of the molecule is COCc1cc(N2CCC(N(C)N3CCN(S(=O)(=O)c4ccc5cc(Cl)ccc5c4)CC3=O)CC2)ccn1.Cl. The highest BCUT2D eigenvalue weighted by Crippen LogP contribution is 2.27. The molecule has 2 aliphatic heterocycles. The van der Waals surface area contributed by atoms with Gasteiger partial charge in [0.25, 0.3) is 5.91 Å². The molecule has 0 saturated carbocycles. The van der Waals surface area contributed by atoms with E-state index in [1.807, 2.05) is 24.3 Å². The van der Waals surface area contributed by atoms with Gasteiger partial charge in [0, 0.05) is 56.7 Å². The summed E-state index contributed by atoms with van der Waals surface area (Å²) >= 11 is 6.05. The smallest absolute Gasteiger partial charge is 0.252 e. The summed E-state index contributed by atoms with van der Waals surface area (Å²) in [7, 11) is -0.213. The Balaban J connectivity index is 0.00000353. The molecule has 1 amide bonds. The van der Waals surface area contributed by atoms with E-state index in [-0.39, 0.29) is 42.3 Å². The number of halogens is 2. The van der Waals surface area contributed by atoms with E-state index in [1.54, 1.807) is 48.5 Å². The van der Waals surface area contributed by atoms with E-state index < -0.39 is 10.0 Å². The van der Waals surface area contributed by atoms with Crippen molar-refractivity contribution in [2.45, 2.75) is 30.4 Å². The minimum atomic E-state index is -3.80. The zero-order valence-corrected chi connectivity index (χ0v) is 24.4. The Morgan fingerprint density at radius 2 is 1.74 bits per heavy atom. The molecule has 2 aromatic carbocycles. The monoisotopic (exact) mass is 593 g/mol. The van der Waals surface area contributed by atoms with E-state index in [4.69, 9.17) is 16.3 Å². The lowest BCUT2D eigenvalue weighted by atomic mass is 10.0. The molecule has 210 valence electrons. The number of aromatic nitrogens is 1. The second-order valence-electron chi connectivity index (χ2n) is 9.74. The van der Waals surface area contributed by atoms with E-state index >= 15 is 0 Å². The quantitative estimate of drug-likeness (QED) is 0.412. The first-order valence-electron chi connectivity index (χ1n) is 12.7. The van der Waals surface area contributed by atoms with Crippen LogP contribution in [0.3, 0.4) is 0 Å². The molecule has 0 spiro atoms. The Hall–Kier alpha value is -2.47. The van der Waals surface area contributed by atoms with E-state index in [0.29, 0.717) is 18.2 Å². The molecule has 12 heteroatoms. The predicted octanol–water partition coefficient (Wildman–Crippen LogP) is 3.81. The number of benzene rings is 2. The van der Waals surface area contributed by atoms with Crippen molar-refractivity contribution < 1.29 is 17.9 Å². The lowest BCUT2D eigenvalue weighted by molar-refractivity contribution is -0.156. The lowest BCUT2D eigenvalue weighted by Crippen LogP contribution is -2.60. The third kappa shape index (κ3) is 6.32. The summed E-state index contributed by atoms with van der Waals surface area (Å²) in [5.41, 5.74) is 2.02. The van der Waals surface area contributed by atoms with Gasteiger partial charge in [-0.15, -0.1) is 12.4 Å². The Morgan fingerprint density at radius 1 is 1.03 bits per heavy atom. The maximum atomic E-state index is 13.4. The van der Waals surface area contributed by atoms with E-state index in [2.05, 4.69) is 16.0 Å². The number of fused-ring (bicyclic) bond motifs is 1. The van der Waals surface area contributed by atoms with Gasteiger partial charge >= 0.3 is 0 Å². The number of hydrogen-bond donors (Lipinski definition) is 0. The summed E-state index contributed by atoms with van der Waals surface area (Å²) in [6, 6.07) is 14.6. The average Bonchev–Trinajstić information content (AvgIpc) is 2.92. The number of hydrazine groups is 1. The van der Waals surface area contributed by atoms with Crippen molar-refractivity contribution >= 4 is 56.4 Å². The molecule has 39 heavy (non-hydrogen) atoms. The number of amides is 1. The molecule has 0 atom stereocenters. The number of piperidine rings is 1. The molecule has 9 nitrogen and oxygen atoms in total. The third-order valence-corrected chi connectivity index (χ3v) is 9.48. The van der Waals surface area contributed by atoms with Gasteiger partial charge in [0.1, 0.15) is 0 Å². The number of anilines is 1. The molecule has 0 aliphatic carbocycles. The standard InChI is InChI=1S/C27H32ClN5O4S.ClH/c1-30(24-8-11-31(12-9-24)25-7-10-29-23(17-25)19-37-2)33-14-13-32(18-27(33)34)38(35,36)26-6-4-20-15-22(28)5-3-21(20)16-26;/h3-7,10,15-17,24H,8-9,11-14,18-19H2,1-2H3;1H. The number of carbonyl (C=O) groups excluding carboxylic acids is 1. The highest BCUT2D eigenvalue weighted by atomic mass is 35.5. The summed E-state index contributed by atoms with van der Waals surface area (Å²) in [4.78, 5) is 20.0. The minimum absolute atomic E-state index is 0. The Labute approximate surface area is 240 Å². The number of sulfonamides is 1. The van der Waals surface area contributed by atoms with Gasteiger partial charge in [-0.1, -0.05) is 23.7 Å². The van der Waals surface area contributed by atoms with Crippen LogP contribution in [0.5, 0.6) is 0 Å². The normalized spacial score (nSPS) is 17.6. The average molecular weight is 595 g/mol. The van der Waals surface area contributed by atoms with Crippen LogP contribution in [0.15, 0.2) is 59.6 Å². The van der Waals surface area contributed by atoms with Crippen molar-refractivity contribution in [1.82, 2.24) is 19.3 Å². The van der Waals surface area contributed by atoms with Crippen LogP contribution in [-0.2, 0) is 26.2 Å². The number of pyridine rings is 1. The first-order chi connectivity index (χ1) is 18.3. The van der Waals surface area contributed by atoms with Crippen molar-refractivity contribution in [3.63, 3.8) is 0 Å². The molecule has 0 bridgehead atoms. The van der Waals surface area contributed by atoms with Gasteiger partial charge in [-0.3, -0.25) is 14.8 Å². The molecular weight excluding hydrogens is 561 g/mol. The number of carbonyl (C=O) groups is 1. The van der Waals surface area contributed by atoms with Gasteiger partial charge in [-0.25, -0.2) is 13.4 Å². The lowest BCUT2D eigenvalue weighted by Gasteiger charge is -2.45. The number of piperazine rings is 1. The van der Waals surface area contributed by atoms with Crippen molar-refractivity contribution in [1.29, 1.82) is 0 Å². The van der Waals surface area contributed by atoms with E-state index in [0.717, 1.165) is 48.1 Å². The maximum absolute atomic E-state index is 13.4. The first-order valence-corrected chi connectivity index (χ1v) is 14.5. The topological polar surface area (TPSA) is 86.3 Å². The molecule has 5 rings (SSSR count). The van der Waals surface area contributed by atoms with Crippen LogP contribution in [0.2, 0.25) is 5.02 Å². The minimum Gasteiger partial charge on any atom is -0.378 e. The van der Waals surface area contributed by atoms with Crippen molar-refractivity contribution in [3.8, 4) is 0 Å². The molecule has 0 N–H and O–H groups in total. The summed E-state index contributed by atoms with van der Waals surface area (Å²) in [6.45, 7) is 2.59. The number of hydrogen-bond acceptors (Lipinski definition) is 7. The molecule has 2 saturated heterocycles. The fourth-order valence-electron chi connectivity index (χ4n) is 5.27. The second-order valence-corrected chi connectivity index (χ2v) is 12.1. The number of rotatable bonds is 7. The summed E-state index contributed by atoms with van der Waals surface area (Å²) < 4.78 is 33.2. The molecule has 2 aliphatic rings. The van der Waals surface area contributed by atoms with Crippen LogP contribution in [0.1, 0.15) is 18.5 Å². The van der Waals surface area contributed by atoms with Crippen LogP contribution >= 0.6 is 24.0 Å². The Morgan fingerprint density at radius 3 is 2.46 bits per heavy atom. The summed E-state index contributed by atoms with van der Waals surface area (Å²) in [6.07, 6.45) is 3.60. The van der Waals surface area contributed by atoms with Crippen LogP contribution in [0.4, 0.5) is 5.69 Å². The van der Waals surface area contributed by atoms with Gasteiger partial charge in [-0.2, -0.15) is 4.31 Å². The van der Waals surface area contributed by atoms with Crippen molar-refractivity contribution in [2.24, 2.45) is 0 Å². The van der Waals surface area contributed by atoms with Crippen molar-refractivity contribution in [3.05, 3.63) is 65.4 Å². The number of nitrogens with zero attached hydrogens (tertiary/aromatic N) is 5. The molecule has 2 fully saturated rings. The molecule has 0 radical (unpaired) electrons. The van der Waals surface area contributed by atoms with Crippen LogP contribution in [0, 0.1) is 0 Å². The zero-order valence-electron chi connectivity index (χ0n) is 22.0. The molecule has 1 aromatic heterocycles. The van der Waals surface area contributed by atoms with E-state index in [1.165, 1.54) is 4.31 Å². The van der Waals surface area contributed by atoms with Crippen LogP contribution in [-0.4, -0.2) is 86.6 Å². The zero-order chi connectivity index (χ0) is 26.9. The predicted molar refractivity (Wildman–Crippen MR) is 155 cm³/mol. The molecule has 0 unspecified atom stereocenters. The van der Waals surface area contributed by atoms with Crippen LogP contribution in [0.25, 0.3) is 10.8 Å². The van der Waals surface area contributed by atoms with E-state index in [9.17, 15) is 13.2 Å². The number of ether oxygens (including phenoxy) is 1. The van der Waals surface area contributed by atoms with Crippen LogP contribution < -0.4 is 4.90 Å². The maximum Gasteiger partial charge on any atom is 0.252 e. The molecular formula is C27H33Cl2N5O4S. The highest BCUT2D eigenvalue weighted by molar-refractivity contribution is 7.89. The molecule has 3 aromatic rings. The van der Waals surface area contributed by atoms with Gasteiger partial charge in [0.2, 0.25) is 10.0 Å². The Bertz CT molecular complexity index is 1430. The Kier molecular flexibility index (Phi) is 9.36. The largest absolute Gasteiger partial charge is 0.378 e. The first kappa shape index (κ1) is 29.5. The third-order valence-electron chi connectivity index (χ3n) is 7.40. The van der Waals surface area contributed by atoms with Gasteiger partial charge < -0.3 is 9.64 Å². The van der Waals surface area contributed by atoms with Gasteiger partial charge in [-0.05, 0) is 60.0 Å². The number of methoxy groups -OCH3 is 1. The van der Waals surface area contributed by atoms with Crippen molar-refractivity contribution in [2.75, 3.05) is 51.8 Å². The highest BCUT2D eigenvalue weighted by Gasteiger charge is 2.36. The molecule has 3 heterocycles. The fraction of sp³-hybridized carbons (Fsp3) is 0.407. The fourth-order valence-corrected chi connectivity index (χ4v) is 6.87. The van der Waals surface area contributed by atoms with Gasteiger partial charge in [0.15, 0.2) is 0 Å². The summed E-state index contributed by atoms with van der Waals surface area (Å²) in [5, 5.41) is 5.96. The summed E-state index contributed by atoms with van der Waals surface area (Å²) in [5.74, 6) is -0.212.